The molecule has 1 fully saturated rings. The minimum absolute atomic E-state index is 0.237. The van der Waals surface area contributed by atoms with Crippen LogP contribution < -0.4 is 10.2 Å². The van der Waals surface area contributed by atoms with Gasteiger partial charge in [-0.15, -0.1) is 11.3 Å². The molecule has 0 aliphatic carbocycles. The molecule has 1 aromatic heterocycles. The van der Waals surface area contributed by atoms with Gasteiger partial charge in [0.15, 0.2) is 5.13 Å². The van der Waals surface area contributed by atoms with Gasteiger partial charge in [-0.3, -0.25) is 5.32 Å². The number of carbonyl (C=O) groups excluding carboxylic acids is 1. The van der Waals surface area contributed by atoms with E-state index in [-0.39, 0.29) is 5.97 Å². The highest BCUT2D eigenvalue weighted by Crippen LogP contribution is 2.25. The van der Waals surface area contributed by atoms with E-state index >= 15 is 0 Å². The Hall–Kier alpha value is -1.92. The van der Waals surface area contributed by atoms with Crippen molar-refractivity contribution in [3.8, 4) is 0 Å². The summed E-state index contributed by atoms with van der Waals surface area (Å²) in [6, 6.07) is 9.65. The van der Waals surface area contributed by atoms with Gasteiger partial charge in [0.05, 0.1) is 12.8 Å². The van der Waals surface area contributed by atoms with Crippen LogP contribution in [0, 0.1) is 6.92 Å². The molecule has 1 aromatic carbocycles. The average molecular weight is 345 g/mol. The van der Waals surface area contributed by atoms with Gasteiger partial charge in [-0.1, -0.05) is 30.3 Å². The molecule has 0 radical (unpaired) electrons. The number of methoxy groups -OCH3 is 1. The number of aromatic nitrogens is 1. The molecule has 3 rings (SSSR count). The van der Waals surface area contributed by atoms with Crippen LogP contribution in [0.25, 0.3) is 0 Å². The molecule has 1 saturated heterocycles. The van der Waals surface area contributed by atoms with E-state index in [4.69, 9.17) is 4.74 Å². The van der Waals surface area contributed by atoms with Crippen LogP contribution in [0.4, 0.5) is 5.13 Å². The first-order valence-corrected chi connectivity index (χ1v) is 9.11. The summed E-state index contributed by atoms with van der Waals surface area (Å²) in [5.74, 6) is -0.237. The van der Waals surface area contributed by atoms with E-state index in [0.29, 0.717) is 6.04 Å². The Morgan fingerprint density at radius 1 is 1.33 bits per heavy atom. The van der Waals surface area contributed by atoms with E-state index in [1.165, 1.54) is 7.11 Å². The largest absolute Gasteiger partial charge is 0.468 e. The smallest absolute Gasteiger partial charge is 0.327 e. The Kier molecular flexibility index (Phi) is 5.48. The predicted molar refractivity (Wildman–Crippen MR) is 96.4 cm³/mol. The van der Waals surface area contributed by atoms with Crippen LogP contribution in [0.5, 0.6) is 0 Å². The predicted octanol–water partition coefficient (Wildman–Crippen LogP) is 2.92. The number of aryl methyl sites for hydroxylation is 1. The molecule has 1 aliphatic heterocycles. The van der Waals surface area contributed by atoms with Gasteiger partial charge in [0.2, 0.25) is 0 Å². The second-order valence-corrected chi connectivity index (χ2v) is 6.90. The summed E-state index contributed by atoms with van der Waals surface area (Å²) in [4.78, 5) is 19.1. The van der Waals surface area contributed by atoms with Crippen molar-refractivity contribution < 1.29 is 9.53 Å². The summed E-state index contributed by atoms with van der Waals surface area (Å²) in [5.41, 5.74) is 2.02. The summed E-state index contributed by atoms with van der Waals surface area (Å²) in [5, 5.41) is 6.66. The molecule has 5 nitrogen and oxygen atoms in total. The Bertz CT molecular complexity index is 666. The Morgan fingerprint density at radius 2 is 2.04 bits per heavy atom. The minimum Gasteiger partial charge on any atom is -0.468 e. The summed E-state index contributed by atoms with van der Waals surface area (Å²) >= 11 is 1.70. The lowest BCUT2D eigenvalue weighted by molar-refractivity contribution is -0.143. The van der Waals surface area contributed by atoms with Crippen molar-refractivity contribution in [3.05, 3.63) is 47.0 Å². The monoisotopic (exact) mass is 345 g/mol. The first-order valence-electron chi connectivity index (χ1n) is 8.23. The zero-order valence-electron chi connectivity index (χ0n) is 14.1. The highest BCUT2D eigenvalue weighted by Gasteiger charge is 2.27. The SMILES string of the molecule is COC(=O)[C@@H](NC1CCN(c2nc(C)cs2)CC1)c1ccccc1. The first-order chi connectivity index (χ1) is 11.7. The van der Waals surface area contributed by atoms with Crippen LogP contribution in [0.3, 0.4) is 0 Å². The molecule has 0 amide bonds. The molecule has 1 N–H and O–H groups in total. The van der Waals surface area contributed by atoms with Crippen LogP contribution in [0.1, 0.15) is 30.1 Å². The van der Waals surface area contributed by atoms with E-state index in [1.807, 2.05) is 37.3 Å². The molecule has 2 aromatic rings. The zero-order valence-corrected chi connectivity index (χ0v) is 14.9. The summed E-state index contributed by atoms with van der Waals surface area (Å²) in [6.07, 6.45) is 1.97. The summed E-state index contributed by atoms with van der Waals surface area (Å²) in [6.45, 7) is 3.93. The van der Waals surface area contributed by atoms with Crippen LogP contribution in [0.2, 0.25) is 0 Å². The van der Waals surface area contributed by atoms with E-state index in [2.05, 4.69) is 20.6 Å². The average Bonchev–Trinajstić information content (AvgIpc) is 3.06. The topological polar surface area (TPSA) is 54.5 Å². The van der Waals surface area contributed by atoms with Crippen LogP contribution in [-0.4, -0.2) is 37.2 Å². The lowest BCUT2D eigenvalue weighted by Crippen LogP contribution is -2.45. The Balaban J connectivity index is 1.61. The number of ether oxygens (including phenoxy) is 1. The fourth-order valence-corrected chi connectivity index (χ4v) is 3.88. The van der Waals surface area contributed by atoms with Gasteiger partial charge in [-0.2, -0.15) is 0 Å². The molecule has 0 spiro atoms. The zero-order chi connectivity index (χ0) is 16.9. The van der Waals surface area contributed by atoms with Crippen molar-refractivity contribution in [2.24, 2.45) is 0 Å². The number of piperidine rings is 1. The van der Waals surface area contributed by atoms with Gasteiger partial charge in [0.25, 0.3) is 0 Å². The van der Waals surface area contributed by atoms with Crippen molar-refractivity contribution in [1.29, 1.82) is 0 Å². The van der Waals surface area contributed by atoms with Crippen molar-refractivity contribution >= 4 is 22.4 Å². The number of benzene rings is 1. The molecule has 6 heteroatoms. The first kappa shape index (κ1) is 16.9. The summed E-state index contributed by atoms with van der Waals surface area (Å²) < 4.78 is 4.98. The molecule has 1 aliphatic rings. The van der Waals surface area contributed by atoms with Crippen molar-refractivity contribution in [1.82, 2.24) is 10.3 Å². The fraction of sp³-hybridized carbons (Fsp3) is 0.444. The van der Waals surface area contributed by atoms with E-state index in [1.54, 1.807) is 11.3 Å². The molecule has 0 bridgehead atoms. The maximum atomic E-state index is 12.2. The lowest BCUT2D eigenvalue weighted by Gasteiger charge is -2.34. The number of nitrogens with one attached hydrogen (secondary N) is 1. The highest BCUT2D eigenvalue weighted by atomic mass is 32.1. The number of nitrogens with zero attached hydrogens (tertiary/aromatic N) is 2. The Morgan fingerprint density at radius 3 is 2.62 bits per heavy atom. The molecule has 0 unspecified atom stereocenters. The fourth-order valence-electron chi connectivity index (χ4n) is 3.02. The standard InChI is InChI=1S/C18H23N3O2S/c1-13-12-24-18(19-13)21-10-8-15(9-11-21)20-16(17(22)23-2)14-6-4-3-5-7-14/h3-7,12,15-16,20H,8-11H2,1-2H3/t16-/m0/s1. The maximum Gasteiger partial charge on any atom is 0.327 e. The number of thiazole rings is 1. The minimum atomic E-state index is -0.408. The highest BCUT2D eigenvalue weighted by molar-refractivity contribution is 7.13. The van der Waals surface area contributed by atoms with E-state index < -0.39 is 6.04 Å². The molecular weight excluding hydrogens is 322 g/mol. The maximum absolute atomic E-state index is 12.2. The van der Waals surface area contributed by atoms with Crippen molar-refractivity contribution in [2.45, 2.75) is 31.8 Å². The number of anilines is 1. The number of esters is 1. The van der Waals surface area contributed by atoms with Gasteiger partial charge in [-0.25, -0.2) is 9.78 Å². The number of hydrogen-bond donors (Lipinski definition) is 1. The third-order valence-electron chi connectivity index (χ3n) is 4.34. The van der Waals surface area contributed by atoms with Gasteiger partial charge in [0, 0.05) is 24.5 Å². The van der Waals surface area contributed by atoms with Gasteiger partial charge < -0.3 is 9.64 Å². The van der Waals surface area contributed by atoms with Gasteiger partial charge >= 0.3 is 5.97 Å². The third-order valence-corrected chi connectivity index (χ3v) is 5.36. The quantitative estimate of drug-likeness (QED) is 0.845. The summed E-state index contributed by atoms with van der Waals surface area (Å²) in [7, 11) is 1.44. The van der Waals surface area contributed by atoms with E-state index in [0.717, 1.165) is 42.3 Å². The van der Waals surface area contributed by atoms with Crippen LogP contribution in [0.15, 0.2) is 35.7 Å². The molecular formula is C18H23N3O2S. The lowest BCUT2D eigenvalue weighted by atomic mass is 10.0. The van der Waals surface area contributed by atoms with Gasteiger partial charge in [-0.05, 0) is 25.3 Å². The second-order valence-electron chi connectivity index (χ2n) is 6.07. The molecule has 24 heavy (non-hydrogen) atoms. The Labute approximate surface area is 146 Å². The second kappa shape index (κ2) is 7.77. The normalized spacial score (nSPS) is 16.8. The van der Waals surface area contributed by atoms with Crippen LogP contribution >= 0.6 is 11.3 Å². The molecule has 0 saturated carbocycles. The third kappa shape index (κ3) is 3.94. The van der Waals surface area contributed by atoms with Gasteiger partial charge in [0.1, 0.15) is 6.04 Å². The van der Waals surface area contributed by atoms with Crippen molar-refractivity contribution in [2.75, 3.05) is 25.1 Å². The van der Waals surface area contributed by atoms with E-state index in [9.17, 15) is 4.79 Å². The van der Waals surface area contributed by atoms with Crippen LogP contribution in [-0.2, 0) is 9.53 Å². The van der Waals surface area contributed by atoms with Crippen molar-refractivity contribution in [3.63, 3.8) is 0 Å². The number of rotatable bonds is 5. The number of carbonyl (C=O) groups is 1. The molecule has 2 heterocycles. The molecule has 1 atom stereocenters. The number of hydrogen-bond acceptors (Lipinski definition) is 6. The molecule has 128 valence electrons.